The molecule has 3 atom stereocenters. The van der Waals surface area contributed by atoms with Gasteiger partial charge in [0.15, 0.2) is 0 Å². The Morgan fingerprint density at radius 2 is 1.71 bits per heavy atom. The minimum Gasteiger partial charge on any atom is -0.329 e. The lowest BCUT2D eigenvalue weighted by Crippen LogP contribution is -2.66. The molecule has 1 aliphatic carbocycles. The van der Waals surface area contributed by atoms with Crippen LogP contribution in [0.15, 0.2) is 0 Å². The molecule has 0 spiro atoms. The Hall–Kier alpha value is -0.120. The van der Waals surface area contributed by atoms with E-state index in [-0.39, 0.29) is 5.54 Å². The molecule has 1 heterocycles. The Bertz CT molecular complexity index is 275. The molecular formula is C14H29N3. The summed E-state index contributed by atoms with van der Waals surface area (Å²) in [6.45, 7) is 12.5. The molecule has 3 nitrogen and oxygen atoms in total. The molecule has 1 saturated heterocycles. The predicted octanol–water partition coefficient (Wildman–Crippen LogP) is 1.53. The van der Waals surface area contributed by atoms with Gasteiger partial charge in [-0.15, -0.1) is 0 Å². The molecule has 0 aromatic rings. The quantitative estimate of drug-likeness (QED) is 0.810. The van der Waals surface area contributed by atoms with E-state index in [1.54, 1.807) is 0 Å². The lowest BCUT2D eigenvalue weighted by atomic mass is 9.81. The molecule has 2 rings (SSSR count). The fourth-order valence-electron chi connectivity index (χ4n) is 3.29. The molecule has 0 aromatic carbocycles. The summed E-state index contributed by atoms with van der Waals surface area (Å²) in [5, 5.41) is 0. The predicted molar refractivity (Wildman–Crippen MR) is 73.1 cm³/mol. The number of hydrogen-bond donors (Lipinski definition) is 1. The first-order chi connectivity index (χ1) is 7.84. The van der Waals surface area contributed by atoms with Crippen molar-refractivity contribution < 1.29 is 0 Å². The van der Waals surface area contributed by atoms with Gasteiger partial charge in [0.1, 0.15) is 0 Å². The molecule has 3 heteroatoms. The van der Waals surface area contributed by atoms with E-state index in [1.807, 2.05) is 0 Å². The Kier molecular flexibility index (Phi) is 3.30. The Labute approximate surface area is 106 Å². The van der Waals surface area contributed by atoms with Gasteiger partial charge in [-0.2, -0.15) is 0 Å². The fourth-order valence-corrected chi connectivity index (χ4v) is 3.29. The van der Waals surface area contributed by atoms with Crippen molar-refractivity contribution in [3.63, 3.8) is 0 Å². The van der Waals surface area contributed by atoms with Crippen molar-refractivity contribution in [2.45, 2.75) is 58.2 Å². The van der Waals surface area contributed by atoms with E-state index in [0.717, 1.165) is 19.6 Å². The summed E-state index contributed by atoms with van der Waals surface area (Å²) in [5.41, 5.74) is 6.78. The van der Waals surface area contributed by atoms with Crippen molar-refractivity contribution in [2.24, 2.45) is 11.1 Å². The van der Waals surface area contributed by atoms with Crippen LogP contribution in [0.1, 0.15) is 40.5 Å². The van der Waals surface area contributed by atoms with Gasteiger partial charge in [-0.3, -0.25) is 9.80 Å². The molecule has 2 N–H and O–H groups in total. The minimum absolute atomic E-state index is 0.191. The van der Waals surface area contributed by atoms with Gasteiger partial charge in [-0.25, -0.2) is 0 Å². The molecule has 0 radical (unpaired) electrons. The van der Waals surface area contributed by atoms with Crippen LogP contribution in [0.5, 0.6) is 0 Å². The van der Waals surface area contributed by atoms with E-state index in [2.05, 4.69) is 44.5 Å². The number of piperazine rings is 1. The van der Waals surface area contributed by atoms with Crippen LogP contribution in [0.4, 0.5) is 0 Å². The number of rotatable bonds is 3. The second-order valence-corrected chi connectivity index (χ2v) is 6.81. The third-order valence-electron chi connectivity index (χ3n) is 5.76. The summed E-state index contributed by atoms with van der Waals surface area (Å²) in [5.74, 6) is 0. The van der Waals surface area contributed by atoms with Gasteiger partial charge in [-0.05, 0) is 46.1 Å². The third-order valence-corrected chi connectivity index (χ3v) is 5.76. The first-order valence-electron chi connectivity index (χ1n) is 7.01. The van der Waals surface area contributed by atoms with Gasteiger partial charge in [0.2, 0.25) is 0 Å². The third kappa shape index (κ3) is 2.02. The second-order valence-electron chi connectivity index (χ2n) is 6.81. The summed E-state index contributed by atoms with van der Waals surface area (Å²) >= 11 is 0. The molecule has 2 aliphatic rings. The van der Waals surface area contributed by atoms with E-state index >= 15 is 0 Å². The highest BCUT2D eigenvalue weighted by Gasteiger charge is 2.56. The smallest absolute Gasteiger partial charge is 0.0358 e. The number of likely N-dealkylation sites (N-methyl/N-ethyl adjacent to an activating group) is 1. The fraction of sp³-hybridized carbons (Fsp3) is 1.00. The lowest BCUT2D eigenvalue weighted by Gasteiger charge is -2.52. The van der Waals surface area contributed by atoms with Crippen LogP contribution in [-0.4, -0.2) is 54.1 Å². The van der Waals surface area contributed by atoms with Crippen LogP contribution in [0.25, 0.3) is 0 Å². The first kappa shape index (κ1) is 13.3. The molecular weight excluding hydrogens is 210 g/mol. The highest BCUT2D eigenvalue weighted by Crippen LogP contribution is 2.55. The van der Waals surface area contributed by atoms with Crippen molar-refractivity contribution in [2.75, 3.05) is 26.7 Å². The maximum Gasteiger partial charge on any atom is 0.0358 e. The maximum atomic E-state index is 6.13. The summed E-state index contributed by atoms with van der Waals surface area (Å²) in [6.07, 6.45) is 2.69. The lowest BCUT2D eigenvalue weighted by molar-refractivity contribution is -0.0319. The van der Waals surface area contributed by atoms with Crippen molar-refractivity contribution in [3.05, 3.63) is 0 Å². The number of nitrogens with zero attached hydrogens (tertiary/aromatic N) is 2. The zero-order chi connectivity index (χ0) is 12.8. The molecule has 0 aromatic heterocycles. The van der Waals surface area contributed by atoms with Crippen LogP contribution >= 0.6 is 0 Å². The van der Waals surface area contributed by atoms with Crippen LogP contribution in [0.3, 0.4) is 0 Å². The second kappa shape index (κ2) is 4.22. The van der Waals surface area contributed by atoms with Gasteiger partial charge in [0.25, 0.3) is 0 Å². The highest BCUT2D eigenvalue weighted by molar-refractivity contribution is 5.11. The van der Waals surface area contributed by atoms with E-state index < -0.39 is 0 Å². The van der Waals surface area contributed by atoms with Crippen molar-refractivity contribution in [3.8, 4) is 0 Å². The largest absolute Gasteiger partial charge is 0.329 e. The van der Waals surface area contributed by atoms with Crippen LogP contribution in [0, 0.1) is 5.41 Å². The van der Waals surface area contributed by atoms with Gasteiger partial charge in [-0.1, -0.05) is 6.92 Å². The van der Waals surface area contributed by atoms with E-state index in [4.69, 9.17) is 5.73 Å². The van der Waals surface area contributed by atoms with Crippen LogP contribution in [0.2, 0.25) is 0 Å². The SMILES string of the molecule is CC1CN(C(C)(CN)C2(C)CC2)CC(C)N1C. The molecule has 17 heavy (non-hydrogen) atoms. The molecule has 3 unspecified atom stereocenters. The van der Waals surface area contributed by atoms with Crippen molar-refractivity contribution in [1.82, 2.24) is 9.80 Å². The first-order valence-corrected chi connectivity index (χ1v) is 7.01. The summed E-state index contributed by atoms with van der Waals surface area (Å²) in [6, 6.07) is 1.26. The Morgan fingerprint density at radius 1 is 1.24 bits per heavy atom. The molecule has 0 amide bonds. The topological polar surface area (TPSA) is 32.5 Å². The summed E-state index contributed by atoms with van der Waals surface area (Å²) < 4.78 is 0. The van der Waals surface area contributed by atoms with Gasteiger partial charge in [0, 0.05) is 37.3 Å². The Morgan fingerprint density at radius 3 is 2.06 bits per heavy atom. The monoisotopic (exact) mass is 239 g/mol. The van der Waals surface area contributed by atoms with E-state index in [9.17, 15) is 0 Å². The van der Waals surface area contributed by atoms with Crippen LogP contribution < -0.4 is 5.73 Å². The average molecular weight is 239 g/mol. The number of nitrogens with two attached hydrogens (primary N) is 1. The highest BCUT2D eigenvalue weighted by atomic mass is 15.3. The van der Waals surface area contributed by atoms with Crippen molar-refractivity contribution >= 4 is 0 Å². The van der Waals surface area contributed by atoms with Gasteiger partial charge >= 0.3 is 0 Å². The molecule has 1 aliphatic heterocycles. The van der Waals surface area contributed by atoms with Gasteiger partial charge in [0.05, 0.1) is 0 Å². The summed E-state index contributed by atoms with van der Waals surface area (Å²) in [7, 11) is 2.24. The van der Waals surface area contributed by atoms with Crippen LogP contribution in [-0.2, 0) is 0 Å². The number of hydrogen-bond acceptors (Lipinski definition) is 3. The zero-order valence-corrected chi connectivity index (χ0v) is 12.2. The standard InChI is InChI=1S/C14H29N3/c1-11-8-17(9-12(2)16(11)5)14(4,10-15)13(3)6-7-13/h11-12H,6-10,15H2,1-5H3. The van der Waals surface area contributed by atoms with E-state index in [0.29, 0.717) is 17.5 Å². The van der Waals surface area contributed by atoms with E-state index in [1.165, 1.54) is 12.8 Å². The molecule has 1 saturated carbocycles. The molecule has 0 bridgehead atoms. The zero-order valence-electron chi connectivity index (χ0n) is 12.2. The Balaban J connectivity index is 2.16. The minimum atomic E-state index is 0.191. The normalized spacial score (nSPS) is 37.8. The average Bonchev–Trinajstić information content (AvgIpc) is 3.04. The summed E-state index contributed by atoms with van der Waals surface area (Å²) in [4.78, 5) is 5.15. The molecule has 2 fully saturated rings. The maximum absolute atomic E-state index is 6.13. The van der Waals surface area contributed by atoms with Crippen molar-refractivity contribution in [1.29, 1.82) is 0 Å². The van der Waals surface area contributed by atoms with Gasteiger partial charge < -0.3 is 5.73 Å². The molecule has 100 valence electrons.